The van der Waals surface area contributed by atoms with E-state index in [9.17, 15) is 4.79 Å². The smallest absolute Gasteiger partial charge is 0.220 e. The highest BCUT2D eigenvalue weighted by atomic mass is 16.5. The van der Waals surface area contributed by atoms with Gasteiger partial charge in [-0.3, -0.25) is 9.69 Å². The molecule has 1 saturated heterocycles. The van der Waals surface area contributed by atoms with Crippen molar-refractivity contribution in [2.24, 2.45) is 0 Å². The van der Waals surface area contributed by atoms with Crippen molar-refractivity contribution < 1.29 is 14.3 Å². The second-order valence-corrected chi connectivity index (χ2v) is 9.97. The van der Waals surface area contributed by atoms with Gasteiger partial charge in [-0.25, -0.2) is 0 Å². The number of amides is 1. The van der Waals surface area contributed by atoms with E-state index in [2.05, 4.69) is 81.6 Å². The fourth-order valence-electron chi connectivity index (χ4n) is 5.32. The lowest BCUT2D eigenvalue weighted by Crippen LogP contribution is -2.41. The van der Waals surface area contributed by atoms with Gasteiger partial charge in [0.05, 0.1) is 20.3 Å². The van der Waals surface area contributed by atoms with Gasteiger partial charge in [0.15, 0.2) is 0 Å². The molecule has 1 aromatic heterocycles. The maximum Gasteiger partial charge on any atom is 0.220 e. The van der Waals surface area contributed by atoms with E-state index in [1.165, 1.54) is 27.6 Å². The van der Waals surface area contributed by atoms with E-state index >= 15 is 0 Å². The molecule has 1 aliphatic heterocycles. The fourth-order valence-corrected chi connectivity index (χ4v) is 5.32. The van der Waals surface area contributed by atoms with Gasteiger partial charge in [-0.2, -0.15) is 0 Å². The Bertz CT molecular complexity index is 1310. The van der Waals surface area contributed by atoms with E-state index in [0.29, 0.717) is 13.0 Å². The molecule has 1 fully saturated rings. The van der Waals surface area contributed by atoms with Crippen molar-refractivity contribution in [3.8, 4) is 5.75 Å². The Hall–Kier alpha value is -3.61. The third kappa shape index (κ3) is 6.63. The van der Waals surface area contributed by atoms with Crippen molar-refractivity contribution >= 4 is 16.8 Å². The summed E-state index contributed by atoms with van der Waals surface area (Å²) in [5.74, 6) is 1.03. The summed E-state index contributed by atoms with van der Waals surface area (Å²) in [6, 6.07) is 27.2. The molecule has 198 valence electrons. The quantitative estimate of drug-likeness (QED) is 0.312. The number of benzene rings is 3. The Morgan fingerprint density at radius 1 is 0.947 bits per heavy atom. The van der Waals surface area contributed by atoms with Gasteiger partial charge in [0.1, 0.15) is 5.75 Å². The summed E-state index contributed by atoms with van der Waals surface area (Å²) in [6.07, 6.45) is 3.52. The van der Waals surface area contributed by atoms with Crippen LogP contribution in [0.15, 0.2) is 85.1 Å². The van der Waals surface area contributed by atoms with Crippen LogP contribution in [0.5, 0.6) is 5.75 Å². The van der Waals surface area contributed by atoms with Crippen LogP contribution in [0.3, 0.4) is 0 Å². The second-order valence-electron chi connectivity index (χ2n) is 9.97. The first kappa shape index (κ1) is 26.0. The molecule has 5 rings (SSSR count). The summed E-state index contributed by atoms with van der Waals surface area (Å²) < 4.78 is 13.1. The number of para-hydroxylation sites is 1. The summed E-state index contributed by atoms with van der Waals surface area (Å²) in [5, 5.41) is 4.39. The molecule has 0 radical (unpaired) electrons. The molecule has 0 saturated carbocycles. The molecular formula is C32H37N3O3. The van der Waals surface area contributed by atoms with E-state index in [-0.39, 0.29) is 11.8 Å². The maximum atomic E-state index is 13.2. The average molecular weight is 512 g/mol. The topological polar surface area (TPSA) is 55.7 Å². The zero-order valence-corrected chi connectivity index (χ0v) is 22.1. The zero-order chi connectivity index (χ0) is 26.2. The summed E-state index contributed by atoms with van der Waals surface area (Å²) in [6.45, 7) is 5.69. The van der Waals surface area contributed by atoms with Crippen LogP contribution in [0.25, 0.3) is 10.9 Å². The van der Waals surface area contributed by atoms with Crippen molar-refractivity contribution in [1.29, 1.82) is 0 Å². The molecule has 1 N–H and O–H groups in total. The first-order valence-electron chi connectivity index (χ1n) is 13.5. The van der Waals surface area contributed by atoms with Gasteiger partial charge in [0.25, 0.3) is 0 Å². The van der Waals surface area contributed by atoms with Crippen molar-refractivity contribution in [2.75, 3.05) is 46.5 Å². The van der Waals surface area contributed by atoms with Gasteiger partial charge in [-0.1, -0.05) is 60.7 Å². The molecule has 6 nitrogen and oxygen atoms in total. The summed E-state index contributed by atoms with van der Waals surface area (Å²) >= 11 is 0. The van der Waals surface area contributed by atoms with Gasteiger partial charge >= 0.3 is 0 Å². The molecule has 0 spiro atoms. The van der Waals surface area contributed by atoms with Crippen LogP contribution in [0.1, 0.15) is 29.0 Å². The number of methoxy groups -OCH3 is 1. The highest BCUT2D eigenvalue weighted by Crippen LogP contribution is 2.33. The Morgan fingerprint density at radius 3 is 2.45 bits per heavy atom. The van der Waals surface area contributed by atoms with Crippen molar-refractivity contribution in [3.63, 3.8) is 0 Å². The molecule has 2 heterocycles. The predicted octanol–water partition coefficient (Wildman–Crippen LogP) is 4.86. The van der Waals surface area contributed by atoms with E-state index in [1.807, 2.05) is 18.2 Å². The molecule has 6 heteroatoms. The normalized spacial score (nSPS) is 14.9. The monoisotopic (exact) mass is 511 g/mol. The number of nitrogens with one attached hydrogen (secondary N) is 1. The van der Waals surface area contributed by atoms with Gasteiger partial charge < -0.3 is 19.4 Å². The maximum absolute atomic E-state index is 13.2. The number of morpholine rings is 1. The van der Waals surface area contributed by atoms with Gasteiger partial charge in [-0.15, -0.1) is 0 Å². The average Bonchev–Trinajstić information content (AvgIpc) is 3.32. The van der Waals surface area contributed by atoms with E-state index < -0.39 is 0 Å². The molecule has 1 atom stereocenters. The summed E-state index contributed by atoms with van der Waals surface area (Å²) in [5.41, 5.74) is 4.86. The number of nitrogens with zero attached hydrogens (tertiary/aromatic N) is 2. The third-order valence-electron chi connectivity index (χ3n) is 7.38. The fraction of sp³-hybridized carbons (Fsp3) is 0.344. The van der Waals surface area contributed by atoms with Crippen molar-refractivity contribution in [1.82, 2.24) is 14.8 Å². The molecule has 0 bridgehead atoms. The Morgan fingerprint density at radius 2 is 1.68 bits per heavy atom. The molecule has 38 heavy (non-hydrogen) atoms. The van der Waals surface area contributed by atoms with E-state index in [4.69, 9.17) is 9.47 Å². The van der Waals surface area contributed by atoms with Crippen LogP contribution < -0.4 is 10.1 Å². The van der Waals surface area contributed by atoms with Crippen LogP contribution >= 0.6 is 0 Å². The van der Waals surface area contributed by atoms with Crippen LogP contribution in [-0.4, -0.2) is 61.9 Å². The minimum Gasteiger partial charge on any atom is -0.497 e. The second kappa shape index (κ2) is 12.8. The minimum atomic E-state index is 0.0720. The highest BCUT2D eigenvalue weighted by Gasteiger charge is 2.22. The zero-order valence-electron chi connectivity index (χ0n) is 22.1. The van der Waals surface area contributed by atoms with E-state index in [0.717, 1.165) is 51.6 Å². The first-order chi connectivity index (χ1) is 18.7. The molecule has 0 aliphatic carbocycles. The minimum absolute atomic E-state index is 0.0720. The van der Waals surface area contributed by atoms with Crippen molar-refractivity contribution in [2.45, 2.75) is 25.3 Å². The predicted molar refractivity (Wildman–Crippen MR) is 152 cm³/mol. The Kier molecular flexibility index (Phi) is 8.74. The van der Waals surface area contributed by atoms with Gasteiger partial charge in [0.2, 0.25) is 5.91 Å². The lowest BCUT2D eigenvalue weighted by atomic mass is 9.88. The van der Waals surface area contributed by atoms with E-state index in [1.54, 1.807) is 7.11 Å². The third-order valence-corrected chi connectivity index (χ3v) is 7.38. The molecule has 4 aromatic rings. The molecule has 1 unspecified atom stereocenters. The number of carbonyl (C=O) groups excluding carboxylic acids is 1. The molecular weight excluding hydrogens is 474 g/mol. The standard InChI is InChI=1S/C32H37N3O3/c1-37-28-13-11-26(12-14-28)23-35-24-30(29-9-5-6-10-31(29)35)27(21-25-7-3-2-4-8-25)22-32(36)33-15-16-34-17-19-38-20-18-34/h2-14,24,27H,15-23H2,1H3,(H,33,36). The van der Waals surface area contributed by atoms with Crippen molar-refractivity contribution in [3.05, 3.63) is 102 Å². The highest BCUT2D eigenvalue weighted by molar-refractivity contribution is 5.86. The lowest BCUT2D eigenvalue weighted by molar-refractivity contribution is -0.121. The summed E-state index contributed by atoms with van der Waals surface area (Å²) in [4.78, 5) is 15.5. The van der Waals surface area contributed by atoms with Gasteiger partial charge in [-0.05, 0) is 47.2 Å². The van der Waals surface area contributed by atoms with Crippen LogP contribution in [-0.2, 0) is 22.5 Å². The Labute approximate surface area is 225 Å². The van der Waals surface area contributed by atoms with Crippen LogP contribution in [0, 0.1) is 0 Å². The molecule has 3 aromatic carbocycles. The lowest BCUT2D eigenvalue weighted by Gasteiger charge is -2.26. The first-order valence-corrected chi connectivity index (χ1v) is 13.5. The Balaban J connectivity index is 1.37. The number of hydrogen-bond acceptors (Lipinski definition) is 4. The van der Waals surface area contributed by atoms with Crippen LogP contribution in [0.4, 0.5) is 0 Å². The van der Waals surface area contributed by atoms with Crippen LogP contribution in [0.2, 0.25) is 0 Å². The number of fused-ring (bicyclic) bond motifs is 1. The van der Waals surface area contributed by atoms with Gasteiger partial charge in [0, 0.05) is 56.2 Å². The number of ether oxygens (including phenoxy) is 2. The molecule has 1 amide bonds. The number of carbonyl (C=O) groups is 1. The molecule has 1 aliphatic rings. The SMILES string of the molecule is COc1ccc(Cn2cc(C(CC(=O)NCCN3CCOCC3)Cc3ccccc3)c3ccccc32)cc1. The summed E-state index contributed by atoms with van der Waals surface area (Å²) in [7, 11) is 1.69. The largest absolute Gasteiger partial charge is 0.497 e. The number of aromatic nitrogens is 1. The number of rotatable bonds is 11. The number of hydrogen-bond donors (Lipinski definition) is 1.